The van der Waals surface area contributed by atoms with Crippen molar-refractivity contribution in [2.24, 2.45) is 0 Å². The molecule has 0 aromatic heterocycles. The van der Waals surface area contributed by atoms with Crippen LogP contribution in [0.15, 0.2) is 35.5 Å². The van der Waals surface area contributed by atoms with E-state index in [-0.39, 0.29) is 17.4 Å². The summed E-state index contributed by atoms with van der Waals surface area (Å²) in [5.41, 5.74) is 1.03. The average molecular weight is 333 g/mol. The van der Waals surface area contributed by atoms with Gasteiger partial charge in [-0.3, -0.25) is 10.1 Å². The molecule has 0 saturated heterocycles. The number of carbonyl (C=O) groups excluding carboxylic acids is 2. The Hall–Kier alpha value is -2.90. The predicted octanol–water partition coefficient (Wildman–Crippen LogP) is 2.52. The highest BCUT2D eigenvalue weighted by Crippen LogP contribution is 2.32. The maximum absolute atomic E-state index is 12.5. The maximum atomic E-state index is 12.5. The van der Waals surface area contributed by atoms with Gasteiger partial charge >= 0.3 is 12.0 Å². The summed E-state index contributed by atoms with van der Waals surface area (Å²) < 4.78 is 5.26. The minimum atomic E-state index is -0.806. The zero-order valence-corrected chi connectivity index (χ0v) is 13.9. The van der Waals surface area contributed by atoms with Crippen molar-refractivity contribution in [3.05, 3.63) is 51.2 Å². The van der Waals surface area contributed by atoms with Crippen molar-refractivity contribution in [3.8, 4) is 0 Å². The number of nitro benzene ring substituents is 1. The molecule has 0 radical (unpaired) electrons. The van der Waals surface area contributed by atoms with Gasteiger partial charge in [0.25, 0.3) is 5.69 Å². The van der Waals surface area contributed by atoms with Crippen LogP contribution in [-0.4, -0.2) is 35.0 Å². The van der Waals surface area contributed by atoms with Crippen LogP contribution in [0.3, 0.4) is 0 Å². The third kappa shape index (κ3) is 3.37. The Morgan fingerprint density at radius 2 is 2.08 bits per heavy atom. The Morgan fingerprint density at radius 3 is 2.67 bits per heavy atom. The molecule has 2 rings (SSSR count). The molecule has 0 aliphatic carbocycles. The number of urea groups is 1. The summed E-state index contributed by atoms with van der Waals surface area (Å²) in [6.45, 7) is 5.09. The highest BCUT2D eigenvalue weighted by Gasteiger charge is 2.35. The quantitative estimate of drug-likeness (QED) is 0.518. The van der Waals surface area contributed by atoms with Gasteiger partial charge in [0.1, 0.15) is 0 Å². The lowest BCUT2D eigenvalue weighted by Gasteiger charge is -2.33. The van der Waals surface area contributed by atoms with Gasteiger partial charge in [-0.05, 0) is 26.3 Å². The molecule has 128 valence electrons. The Kier molecular flexibility index (Phi) is 4.87. The number of hydrogen-bond donors (Lipinski definition) is 1. The summed E-state index contributed by atoms with van der Waals surface area (Å²) in [7, 11) is 1.54. The SMILES string of the molecule is CC1=C(C(=O)OC(C)C)C(c2cccc([N+](=O)[O-])c2)NC(=O)N1C. The number of nitro groups is 1. The number of carbonyl (C=O) groups is 2. The van der Waals surface area contributed by atoms with Crippen LogP contribution in [0.4, 0.5) is 10.5 Å². The van der Waals surface area contributed by atoms with Crippen molar-refractivity contribution < 1.29 is 19.2 Å². The van der Waals surface area contributed by atoms with Crippen LogP contribution < -0.4 is 5.32 Å². The van der Waals surface area contributed by atoms with Gasteiger partial charge in [-0.2, -0.15) is 0 Å². The zero-order chi connectivity index (χ0) is 18.0. The van der Waals surface area contributed by atoms with Gasteiger partial charge < -0.3 is 15.0 Å². The molecule has 2 amide bonds. The first-order chi connectivity index (χ1) is 11.2. The van der Waals surface area contributed by atoms with Crippen molar-refractivity contribution in [1.82, 2.24) is 10.2 Å². The normalized spacial score (nSPS) is 17.8. The predicted molar refractivity (Wildman–Crippen MR) is 86.1 cm³/mol. The standard InChI is InChI=1S/C16H19N3O5/c1-9(2)24-15(20)13-10(3)18(4)16(21)17-14(13)11-6-5-7-12(8-11)19(22)23/h5-9,14H,1-4H3,(H,17,21). The van der Waals surface area contributed by atoms with Crippen LogP contribution in [-0.2, 0) is 9.53 Å². The molecule has 0 bridgehead atoms. The fraction of sp³-hybridized carbons (Fsp3) is 0.375. The molecule has 24 heavy (non-hydrogen) atoms. The molecule has 1 aliphatic heterocycles. The maximum Gasteiger partial charge on any atom is 0.338 e. The first-order valence-electron chi connectivity index (χ1n) is 7.42. The number of non-ortho nitro benzene ring substituents is 1. The van der Waals surface area contributed by atoms with Gasteiger partial charge in [-0.1, -0.05) is 12.1 Å². The third-order valence-corrected chi connectivity index (χ3v) is 3.73. The minimum Gasteiger partial charge on any atom is -0.459 e. The highest BCUT2D eigenvalue weighted by molar-refractivity contribution is 5.95. The molecule has 1 aromatic rings. The van der Waals surface area contributed by atoms with E-state index in [2.05, 4.69) is 5.32 Å². The number of ether oxygens (including phenoxy) is 1. The van der Waals surface area contributed by atoms with Crippen LogP contribution in [0.25, 0.3) is 0 Å². The van der Waals surface area contributed by atoms with Crippen molar-refractivity contribution >= 4 is 17.7 Å². The Labute approximate surface area is 139 Å². The fourth-order valence-electron chi connectivity index (χ4n) is 2.45. The van der Waals surface area contributed by atoms with E-state index in [0.717, 1.165) is 0 Å². The molecule has 8 nitrogen and oxygen atoms in total. The zero-order valence-electron chi connectivity index (χ0n) is 13.9. The molecule has 1 atom stereocenters. The molecular weight excluding hydrogens is 314 g/mol. The van der Waals surface area contributed by atoms with Crippen LogP contribution in [0, 0.1) is 10.1 Å². The summed E-state index contributed by atoms with van der Waals surface area (Å²) in [5.74, 6) is -0.564. The molecule has 1 aliphatic rings. The molecule has 1 aromatic carbocycles. The van der Waals surface area contributed by atoms with Crippen molar-refractivity contribution in [3.63, 3.8) is 0 Å². The van der Waals surface area contributed by atoms with Gasteiger partial charge in [-0.25, -0.2) is 9.59 Å². The summed E-state index contributed by atoms with van der Waals surface area (Å²) in [4.78, 5) is 36.3. The van der Waals surface area contributed by atoms with Gasteiger partial charge in [0.2, 0.25) is 0 Å². The van der Waals surface area contributed by atoms with E-state index < -0.39 is 23.0 Å². The molecule has 0 fully saturated rings. The fourth-order valence-corrected chi connectivity index (χ4v) is 2.45. The Morgan fingerprint density at radius 1 is 1.42 bits per heavy atom. The molecule has 0 saturated carbocycles. The van der Waals surface area contributed by atoms with Gasteiger partial charge in [0, 0.05) is 24.9 Å². The molecule has 1 unspecified atom stereocenters. The molecule has 8 heteroatoms. The van der Waals surface area contributed by atoms with Gasteiger partial charge in [-0.15, -0.1) is 0 Å². The molecule has 0 spiro atoms. The monoisotopic (exact) mass is 333 g/mol. The number of allylic oxidation sites excluding steroid dienone is 1. The van der Waals surface area contributed by atoms with Crippen molar-refractivity contribution in [2.75, 3.05) is 7.05 Å². The van der Waals surface area contributed by atoms with E-state index in [1.807, 2.05) is 0 Å². The molecule has 1 N–H and O–H groups in total. The lowest BCUT2D eigenvalue weighted by atomic mass is 9.94. The number of esters is 1. The van der Waals surface area contributed by atoms with Crippen molar-refractivity contribution in [1.29, 1.82) is 0 Å². The van der Waals surface area contributed by atoms with Crippen LogP contribution in [0.1, 0.15) is 32.4 Å². The topological polar surface area (TPSA) is 102 Å². The first-order valence-corrected chi connectivity index (χ1v) is 7.42. The number of benzene rings is 1. The van der Waals surface area contributed by atoms with Crippen molar-refractivity contribution in [2.45, 2.75) is 32.9 Å². The number of hydrogen-bond acceptors (Lipinski definition) is 5. The van der Waals surface area contributed by atoms with E-state index in [4.69, 9.17) is 4.74 Å². The molecular formula is C16H19N3O5. The number of amides is 2. The second kappa shape index (κ2) is 6.69. The van der Waals surface area contributed by atoms with Crippen LogP contribution >= 0.6 is 0 Å². The average Bonchev–Trinajstić information content (AvgIpc) is 2.51. The molecule has 1 heterocycles. The summed E-state index contributed by atoms with van der Waals surface area (Å²) in [6.07, 6.45) is -0.327. The van der Waals surface area contributed by atoms with Gasteiger partial charge in [0.15, 0.2) is 0 Å². The Bertz CT molecular complexity index is 726. The minimum absolute atomic E-state index is 0.116. The Balaban J connectivity index is 2.53. The summed E-state index contributed by atoms with van der Waals surface area (Å²) >= 11 is 0. The second-order valence-electron chi connectivity index (χ2n) is 5.75. The van der Waals surface area contributed by atoms with E-state index in [0.29, 0.717) is 11.3 Å². The number of rotatable bonds is 4. The largest absolute Gasteiger partial charge is 0.459 e. The second-order valence-corrected chi connectivity index (χ2v) is 5.75. The lowest BCUT2D eigenvalue weighted by molar-refractivity contribution is -0.384. The van der Waals surface area contributed by atoms with E-state index in [1.165, 1.54) is 30.1 Å². The first kappa shape index (κ1) is 17.5. The van der Waals surface area contributed by atoms with Crippen LogP contribution in [0.2, 0.25) is 0 Å². The number of nitrogens with zero attached hydrogens (tertiary/aromatic N) is 2. The summed E-state index contributed by atoms with van der Waals surface area (Å²) in [5, 5.41) is 13.7. The highest BCUT2D eigenvalue weighted by atomic mass is 16.6. The van der Waals surface area contributed by atoms with Crippen LogP contribution in [0.5, 0.6) is 0 Å². The smallest absolute Gasteiger partial charge is 0.338 e. The summed E-state index contributed by atoms with van der Waals surface area (Å²) in [6, 6.07) is 4.62. The van der Waals surface area contributed by atoms with E-state index >= 15 is 0 Å². The van der Waals surface area contributed by atoms with E-state index in [9.17, 15) is 19.7 Å². The lowest BCUT2D eigenvalue weighted by Crippen LogP contribution is -2.46. The van der Waals surface area contributed by atoms with Gasteiger partial charge in [0.05, 0.1) is 22.6 Å². The number of nitrogens with one attached hydrogen (secondary N) is 1. The van der Waals surface area contributed by atoms with E-state index in [1.54, 1.807) is 26.8 Å². The third-order valence-electron chi connectivity index (χ3n) is 3.73.